The van der Waals surface area contributed by atoms with Gasteiger partial charge in [0.15, 0.2) is 0 Å². The van der Waals surface area contributed by atoms with E-state index < -0.39 is 5.41 Å². The van der Waals surface area contributed by atoms with Gasteiger partial charge in [0.1, 0.15) is 23.0 Å². The second-order valence-corrected chi connectivity index (χ2v) is 39.4. The van der Waals surface area contributed by atoms with Crippen LogP contribution in [0.25, 0.3) is 11.1 Å². The predicted molar refractivity (Wildman–Crippen MR) is 516 cm³/mol. The zero-order chi connectivity index (χ0) is 81.5. The molecule has 8 heteroatoms. The van der Waals surface area contributed by atoms with Gasteiger partial charge in [-0.2, -0.15) is 0 Å². The largest absolute Gasteiger partial charge is 0.458 e. The second kappa shape index (κ2) is 31.2. The van der Waals surface area contributed by atoms with E-state index in [2.05, 4.69) is 317 Å². The van der Waals surface area contributed by atoms with Gasteiger partial charge in [-0.05, 0) is 211 Å². The average Bonchev–Trinajstić information content (AvgIpc) is 1.35. The molecular weight excluding hydrogens is 1500 g/mol. The molecule has 6 nitrogen and oxygen atoms in total. The standard InChI is InChI=1S/C116H112B2N4O2/c1-10-38-76(39-11-1)87-58-36-59-88(77-40-12-2-13-41-77)114(87)121-102-74-108-95(72-99(102)117-97-64-32-34-66-101(97)120(85-54-26-9-27-55-85)104-68-82(69-105(121)112(104)117)111(80-46-18-5-19-47-80)81-48-20-6-21-49-81)116(93-62-30-28-56-91(93)92-57-29-31-63-94(92)116)96-73-100-103(75-109(96)124-108)122(115-89(78-42-14-3-15-43-78)60-37-61-90(115)79-44-16-4-17-45-79)106-70-86(71-110-113(106)118(100)98-65-33-35-67-107(98)123-110)119(83-50-22-7-23-51-83)84-52-24-8-25-53-84/h5-9,18-35,46-57,62-79,87-90,111,114-115H,1-4,10-17,36-45,58-61H2. The number of fused-ring (bicyclic) bond motifs is 17. The molecule has 6 fully saturated rings. The van der Waals surface area contributed by atoms with Gasteiger partial charge in [0, 0.05) is 98.5 Å². The quantitative estimate of drug-likeness (QED) is 0.0845. The van der Waals surface area contributed by atoms with Gasteiger partial charge in [-0.1, -0.05) is 354 Å². The average molecular weight is 1620 g/mol. The van der Waals surface area contributed by atoms with Crippen LogP contribution in [0.5, 0.6) is 23.0 Å². The molecule has 0 amide bonds. The summed E-state index contributed by atoms with van der Waals surface area (Å²) in [5.74, 6) is 8.47. The SMILES string of the molecule is c1ccc(C(c2ccccc2)c2cc3c4c(c2)N(C2C(C5CCCCC5)CCCC2C2CCCCC2)c2cc5c(cc2B4c2ccccc2N3c2ccccc2)C2(c3cc4c(cc3O5)N(C3C(C5CCCCC5)CCCC3C3CCCCC3)c3cc(N(c5ccccc5)c5ccccc5)cc5c3B4c3ccccc3O5)c3ccccc3-c3ccccc32)cc1. The first-order valence-electron chi connectivity index (χ1n) is 48.5. The highest BCUT2D eigenvalue weighted by atomic mass is 16.5. The van der Waals surface area contributed by atoms with Gasteiger partial charge in [-0.3, -0.25) is 0 Å². The lowest BCUT2D eigenvalue weighted by Gasteiger charge is -2.55. The molecule has 0 N–H and O–H groups in total. The van der Waals surface area contributed by atoms with Gasteiger partial charge < -0.3 is 29.1 Å². The maximum absolute atomic E-state index is 8.73. The van der Waals surface area contributed by atoms with Crippen molar-refractivity contribution in [1.29, 1.82) is 0 Å². The molecular formula is C116H112B2N4O2. The number of rotatable bonds is 13. The van der Waals surface area contributed by atoms with Gasteiger partial charge in [0.05, 0.1) is 11.1 Å². The zero-order valence-corrected chi connectivity index (χ0v) is 71.8. The minimum Gasteiger partial charge on any atom is -0.458 e. The molecule has 0 aromatic heterocycles. The second-order valence-electron chi connectivity index (χ2n) is 39.4. The Labute approximate surface area is 735 Å². The summed E-state index contributed by atoms with van der Waals surface area (Å²) in [4.78, 5) is 11.4. The Kier molecular flexibility index (Phi) is 18.9. The fraction of sp³-hybridized carbons (Fsp3) is 0.328. The fourth-order valence-electron chi connectivity index (χ4n) is 28.4. The van der Waals surface area contributed by atoms with Crippen molar-refractivity contribution >= 4 is 103 Å². The Morgan fingerprint density at radius 3 is 1.18 bits per heavy atom. The van der Waals surface area contributed by atoms with Crippen LogP contribution in [0, 0.1) is 47.3 Å². The van der Waals surface area contributed by atoms with Crippen LogP contribution >= 0.6 is 0 Å². The van der Waals surface area contributed by atoms with E-state index in [1.165, 1.54) is 290 Å². The van der Waals surface area contributed by atoms with Crippen LogP contribution in [0.3, 0.4) is 0 Å². The van der Waals surface area contributed by atoms with E-state index in [0.717, 1.165) is 40.1 Å². The summed E-state index contributed by atoms with van der Waals surface area (Å²) < 4.78 is 16.5. The Morgan fingerprint density at radius 2 is 0.677 bits per heavy atom. The first-order chi connectivity index (χ1) is 61.6. The molecule has 5 aliphatic heterocycles. The van der Waals surface area contributed by atoms with Crippen molar-refractivity contribution in [2.45, 2.75) is 190 Å². The summed E-state index contributed by atoms with van der Waals surface area (Å²) in [7, 11) is 0. The van der Waals surface area contributed by atoms with E-state index >= 15 is 0 Å². The zero-order valence-electron chi connectivity index (χ0n) is 71.8. The van der Waals surface area contributed by atoms with Gasteiger partial charge in [-0.25, -0.2) is 0 Å². The maximum Gasteiger partial charge on any atom is 0.256 e. The van der Waals surface area contributed by atoms with Gasteiger partial charge >= 0.3 is 0 Å². The minimum absolute atomic E-state index is 0.0396. The lowest BCUT2D eigenvalue weighted by atomic mass is 9.33. The smallest absolute Gasteiger partial charge is 0.256 e. The highest BCUT2D eigenvalue weighted by molar-refractivity contribution is 7.00. The number of ether oxygens (including phenoxy) is 2. The molecule has 0 bridgehead atoms. The van der Waals surface area contributed by atoms with Crippen molar-refractivity contribution in [2.75, 3.05) is 19.6 Å². The van der Waals surface area contributed by atoms with E-state index in [9.17, 15) is 0 Å². The van der Waals surface area contributed by atoms with Crippen molar-refractivity contribution in [3.8, 4) is 34.1 Å². The van der Waals surface area contributed by atoms with Crippen molar-refractivity contribution in [2.24, 2.45) is 47.3 Å². The topological polar surface area (TPSA) is 31.4 Å². The molecule has 4 atom stereocenters. The lowest BCUT2D eigenvalue weighted by Crippen LogP contribution is -2.65. The van der Waals surface area contributed by atoms with Crippen molar-refractivity contribution in [3.63, 3.8) is 0 Å². The van der Waals surface area contributed by atoms with Crippen LogP contribution in [0.15, 0.2) is 297 Å². The molecule has 7 aliphatic carbocycles. The van der Waals surface area contributed by atoms with Crippen molar-refractivity contribution < 1.29 is 9.47 Å². The van der Waals surface area contributed by atoms with E-state index in [0.29, 0.717) is 47.3 Å². The van der Waals surface area contributed by atoms with Crippen LogP contribution in [0.1, 0.15) is 212 Å². The van der Waals surface area contributed by atoms with Crippen molar-refractivity contribution in [1.82, 2.24) is 0 Å². The summed E-state index contributed by atoms with van der Waals surface area (Å²) >= 11 is 0. The third-order valence-electron chi connectivity index (χ3n) is 33.3. The molecule has 13 aromatic rings. The number of nitrogens with zero attached hydrogens (tertiary/aromatic N) is 4. The highest BCUT2D eigenvalue weighted by Gasteiger charge is 2.58. The van der Waals surface area contributed by atoms with Crippen molar-refractivity contribution in [3.05, 3.63) is 336 Å². The molecule has 1 spiro atoms. The summed E-state index contributed by atoms with van der Waals surface area (Å²) in [5.41, 5.74) is 31.5. The molecule has 13 aromatic carbocycles. The van der Waals surface area contributed by atoms with E-state index in [4.69, 9.17) is 9.47 Å². The number of anilines is 10. The predicted octanol–water partition coefficient (Wildman–Crippen LogP) is 26.5. The van der Waals surface area contributed by atoms with E-state index in [-0.39, 0.29) is 31.4 Å². The normalized spacial score (nSPS) is 22.2. The first kappa shape index (κ1) is 75.3. The van der Waals surface area contributed by atoms with Gasteiger partial charge in [-0.15, -0.1) is 0 Å². The summed E-state index contributed by atoms with van der Waals surface area (Å²) in [6.45, 7) is -0.289. The number of hydrogen-bond donors (Lipinski definition) is 0. The minimum atomic E-state index is -0.824. The summed E-state index contributed by atoms with van der Waals surface area (Å²) in [6, 6.07) is 117. The van der Waals surface area contributed by atoms with Crippen LogP contribution in [0.4, 0.5) is 56.9 Å². The van der Waals surface area contributed by atoms with E-state index in [1.807, 2.05) is 0 Å². The van der Waals surface area contributed by atoms with E-state index in [1.54, 1.807) is 0 Å². The van der Waals surface area contributed by atoms with Gasteiger partial charge in [0.2, 0.25) is 0 Å². The number of hydrogen-bond acceptors (Lipinski definition) is 6. The number of benzene rings is 13. The molecule has 4 unspecified atom stereocenters. The molecule has 25 rings (SSSR count). The summed E-state index contributed by atoms with van der Waals surface area (Å²) in [5, 5.41) is 0. The third kappa shape index (κ3) is 12.1. The first-order valence-corrected chi connectivity index (χ1v) is 48.5. The Morgan fingerprint density at radius 1 is 0.274 bits per heavy atom. The Hall–Kier alpha value is -11.2. The lowest BCUT2D eigenvalue weighted by molar-refractivity contribution is 0.0839. The Bertz CT molecular complexity index is 6010. The molecule has 0 radical (unpaired) electrons. The molecule has 0 saturated heterocycles. The Balaban J connectivity index is 0.794. The van der Waals surface area contributed by atoms with Crippen LogP contribution in [-0.4, -0.2) is 25.5 Å². The highest BCUT2D eigenvalue weighted by Crippen LogP contribution is 2.65. The van der Waals surface area contributed by atoms with Crippen LogP contribution in [-0.2, 0) is 5.41 Å². The molecule has 614 valence electrons. The maximum atomic E-state index is 8.73. The monoisotopic (exact) mass is 1610 g/mol. The molecule has 6 saturated carbocycles. The van der Waals surface area contributed by atoms with Crippen LogP contribution in [0.2, 0.25) is 0 Å². The fourth-order valence-corrected chi connectivity index (χ4v) is 28.4. The molecule has 5 heterocycles. The molecule has 12 aliphatic rings. The third-order valence-corrected chi connectivity index (χ3v) is 33.3. The number of para-hydroxylation sites is 5. The summed E-state index contributed by atoms with van der Waals surface area (Å²) in [6.07, 6.45) is 34.2. The van der Waals surface area contributed by atoms with Crippen LogP contribution < -0.4 is 61.9 Å². The molecule has 124 heavy (non-hydrogen) atoms. The van der Waals surface area contributed by atoms with Gasteiger partial charge in [0.25, 0.3) is 13.4 Å².